The number of nitrogens with zero attached hydrogens (tertiary/aromatic N) is 3. The lowest BCUT2D eigenvalue weighted by atomic mass is 10.1. The molecule has 3 rings (SSSR count). The van der Waals surface area contributed by atoms with Crippen LogP contribution >= 0.6 is 0 Å². The van der Waals surface area contributed by atoms with Crippen molar-refractivity contribution in [2.75, 3.05) is 12.3 Å². The molecule has 0 spiro atoms. The Morgan fingerprint density at radius 3 is 2.85 bits per heavy atom. The summed E-state index contributed by atoms with van der Waals surface area (Å²) in [6.45, 7) is 5.16. The molecule has 1 aromatic carbocycles. The molecular formula is C15H18N4O. The third-order valence-electron chi connectivity index (χ3n) is 3.51. The number of pyridine rings is 1. The molecule has 2 N–H and O–H groups in total. The first-order valence-electron chi connectivity index (χ1n) is 6.70. The van der Waals surface area contributed by atoms with Crippen LogP contribution in [0.15, 0.2) is 18.2 Å². The van der Waals surface area contributed by atoms with E-state index in [-0.39, 0.29) is 0 Å². The molecule has 3 aromatic rings. The number of rotatable bonds is 3. The van der Waals surface area contributed by atoms with E-state index in [1.807, 2.05) is 31.5 Å². The maximum absolute atomic E-state index is 6.06. The van der Waals surface area contributed by atoms with Gasteiger partial charge < -0.3 is 15.0 Å². The van der Waals surface area contributed by atoms with Crippen LogP contribution in [-0.4, -0.2) is 21.1 Å². The van der Waals surface area contributed by atoms with Crippen LogP contribution in [0.2, 0.25) is 0 Å². The van der Waals surface area contributed by atoms with Gasteiger partial charge >= 0.3 is 0 Å². The molecule has 0 bridgehead atoms. The predicted octanol–water partition coefficient (Wildman–Crippen LogP) is 2.55. The molecule has 0 fully saturated rings. The van der Waals surface area contributed by atoms with Crippen molar-refractivity contribution in [2.24, 2.45) is 7.05 Å². The van der Waals surface area contributed by atoms with E-state index in [1.54, 1.807) is 0 Å². The zero-order valence-corrected chi connectivity index (χ0v) is 12.0. The molecule has 0 unspecified atom stereocenters. The summed E-state index contributed by atoms with van der Waals surface area (Å²) in [4.78, 5) is 9.03. The van der Waals surface area contributed by atoms with Crippen molar-refractivity contribution >= 4 is 27.8 Å². The molecule has 2 heterocycles. The van der Waals surface area contributed by atoms with E-state index >= 15 is 0 Å². The van der Waals surface area contributed by atoms with Gasteiger partial charge in [-0.1, -0.05) is 12.1 Å². The number of aryl methyl sites for hydroxylation is 2. The first kappa shape index (κ1) is 12.9. The largest absolute Gasteiger partial charge is 0.382 e. The third-order valence-corrected chi connectivity index (χ3v) is 3.51. The molecule has 0 atom stereocenters. The highest BCUT2D eigenvalue weighted by molar-refractivity contribution is 6.06. The lowest BCUT2D eigenvalue weighted by Crippen LogP contribution is -2.01. The van der Waals surface area contributed by atoms with Gasteiger partial charge in [-0.05, 0) is 25.5 Å². The summed E-state index contributed by atoms with van der Waals surface area (Å²) in [5, 5.41) is 1.07. The first-order valence-corrected chi connectivity index (χ1v) is 6.70. The number of fused-ring (bicyclic) bond motifs is 3. The van der Waals surface area contributed by atoms with Gasteiger partial charge in [-0.3, -0.25) is 0 Å². The average Bonchev–Trinajstić information content (AvgIpc) is 2.75. The zero-order valence-electron chi connectivity index (χ0n) is 12.0. The molecule has 0 aliphatic heterocycles. The summed E-state index contributed by atoms with van der Waals surface area (Å²) in [6, 6.07) is 6.20. The predicted molar refractivity (Wildman–Crippen MR) is 80.5 cm³/mol. The molecule has 0 saturated heterocycles. The van der Waals surface area contributed by atoms with E-state index in [9.17, 15) is 0 Å². The van der Waals surface area contributed by atoms with E-state index in [1.165, 1.54) is 5.56 Å². The molecule has 0 aliphatic carbocycles. The van der Waals surface area contributed by atoms with Gasteiger partial charge in [0.1, 0.15) is 17.9 Å². The Morgan fingerprint density at radius 1 is 1.30 bits per heavy atom. The second-order valence-electron chi connectivity index (χ2n) is 4.94. The van der Waals surface area contributed by atoms with Crippen molar-refractivity contribution in [3.8, 4) is 0 Å². The van der Waals surface area contributed by atoms with Crippen molar-refractivity contribution < 1.29 is 4.74 Å². The third kappa shape index (κ3) is 1.91. The van der Waals surface area contributed by atoms with Gasteiger partial charge in [-0.25, -0.2) is 9.97 Å². The summed E-state index contributed by atoms with van der Waals surface area (Å²) in [6.07, 6.45) is 0. The maximum atomic E-state index is 6.06. The molecule has 5 heteroatoms. The Morgan fingerprint density at radius 2 is 2.10 bits per heavy atom. The lowest BCUT2D eigenvalue weighted by molar-refractivity contribution is 0.126. The Kier molecular flexibility index (Phi) is 3.06. The zero-order chi connectivity index (χ0) is 14.3. The SMILES string of the molecule is CCOCc1nc2c(N)nc3cc(C)ccc3c2n1C. The molecule has 5 nitrogen and oxygen atoms in total. The van der Waals surface area contributed by atoms with Gasteiger partial charge in [0, 0.05) is 19.0 Å². The van der Waals surface area contributed by atoms with Gasteiger partial charge in [0.2, 0.25) is 0 Å². The van der Waals surface area contributed by atoms with Crippen molar-refractivity contribution in [1.29, 1.82) is 0 Å². The molecule has 0 radical (unpaired) electrons. The summed E-state index contributed by atoms with van der Waals surface area (Å²) in [5.41, 5.74) is 9.89. The molecule has 0 amide bonds. The Balaban J connectivity index is 2.33. The fraction of sp³-hybridized carbons (Fsp3) is 0.333. The number of benzene rings is 1. The van der Waals surface area contributed by atoms with Gasteiger partial charge in [0.05, 0.1) is 11.0 Å². The van der Waals surface area contributed by atoms with E-state index in [4.69, 9.17) is 10.5 Å². The molecule has 0 aliphatic rings. The number of ether oxygens (including phenoxy) is 1. The van der Waals surface area contributed by atoms with Crippen LogP contribution in [0.1, 0.15) is 18.3 Å². The Labute approximate surface area is 117 Å². The normalized spacial score (nSPS) is 11.6. The minimum absolute atomic E-state index is 0.469. The highest BCUT2D eigenvalue weighted by atomic mass is 16.5. The van der Waals surface area contributed by atoms with E-state index in [0.29, 0.717) is 19.0 Å². The van der Waals surface area contributed by atoms with Crippen LogP contribution in [-0.2, 0) is 18.4 Å². The van der Waals surface area contributed by atoms with Gasteiger partial charge in [0.25, 0.3) is 0 Å². The molecule has 0 saturated carbocycles. The van der Waals surface area contributed by atoms with Crippen LogP contribution in [0, 0.1) is 6.92 Å². The quantitative estimate of drug-likeness (QED) is 0.794. The molecule has 2 aromatic heterocycles. The van der Waals surface area contributed by atoms with E-state index < -0.39 is 0 Å². The summed E-state index contributed by atoms with van der Waals surface area (Å²) in [7, 11) is 1.99. The van der Waals surface area contributed by atoms with Crippen molar-refractivity contribution in [2.45, 2.75) is 20.5 Å². The number of nitrogen functional groups attached to an aromatic ring is 1. The topological polar surface area (TPSA) is 66.0 Å². The molecular weight excluding hydrogens is 252 g/mol. The summed E-state index contributed by atoms with van der Waals surface area (Å²) in [5.74, 6) is 1.33. The minimum atomic E-state index is 0.469. The smallest absolute Gasteiger partial charge is 0.152 e. The Hall–Kier alpha value is -2.14. The van der Waals surface area contributed by atoms with E-state index in [2.05, 4.69) is 22.1 Å². The van der Waals surface area contributed by atoms with Crippen LogP contribution in [0.25, 0.3) is 21.9 Å². The summed E-state index contributed by atoms with van der Waals surface area (Å²) >= 11 is 0. The number of aromatic nitrogens is 3. The second kappa shape index (κ2) is 4.76. The first-order chi connectivity index (χ1) is 9.61. The van der Waals surface area contributed by atoms with Crippen molar-refractivity contribution in [1.82, 2.24) is 14.5 Å². The van der Waals surface area contributed by atoms with Crippen molar-refractivity contribution in [3.05, 3.63) is 29.6 Å². The second-order valence-corrected chi connectivity index (χ2v) is 4.94. The molecule has 20 heavy (non-hydrogen) atoms. The average molecular weight is 270 g/mol. The van der Waals surface area contributed by atoms with Crippen molar-refractivity contribution in [3.63, 3.8) is 0 Å². The van der Waals surface area contributed by atoms with Gasteiger partial charge in [0.15, 0.2) is 5.82 Å². The number of hydrogen-bond acceptors (Lipinski definition) is 4. The highest BCUT2D eigenvalue weighted by Crippen LogP contribution is 2.28. The number of nitrogens with two attached hydrogens (primary N) is 1. The van der Waals surface area contributed by atoms with Crippen LogP contribution < -0.4 is 5.73 Å². The monoisotopic (exact) mass is 270 g/mol. The standard InChI is InChI=1S/C15H18N4O/c1-4-20-8-12-18-13-14(19(12)3)10-6-5-9(2)7-11(10)17-15(13)16/h5-7H,4,8H2,1-3H3,(H2,16,17). The van der Waals surface area contributed by atoms with Gasteiger partial charge in [-0.15, -0.1) is 0 Å². The fourth-order valence-corrected chi connectivity index (χ4v) is 2.47. The maximum Gasteiger partial charge on any atom is 0.152 e. The highest BCUT2D eigenvalue weighted by Gasteiger charge is 2.15. The number of anilines is 1. The number of hydrogen-bond donors (Lipinski definition) is 1. The fourth-order valence-electron chi connectivity index (χ4n) is 2.47. The van der Waals surface area contributed by atoms with E-state index in [0.717, 1.165) is 27.8 Å². The van der Waals surface area contributed by atoms with Crippen LogP contribution in [0.4, 0.5) is 5.82 Å². The van der Waals surface area contributed by atoms with Crippen LogP contribution in [0.5, 0.6) is 0 Å². The summed E-state index contributed by atoms with van der Waals surface area (Å²) < 4.78 is 7.50. The van der Waals surface area contributed by atoms with Crippen LogP contribution in [0.3, 0.4) is 0 Å². The minimum Gasteiger partial charge on any atom is -0.382 e. The molecule has 104 valence electrons. The number of imidazole rings is 1. The Bertz CT molecular complexity index is 792. The lowest BCUT2D eigenvalue weighted by Gasteiger charge is -2.06. The van der Waals surface area contributed by atoms with Gasteiger partial charge in [-0.2, -0.15) is 0 Å².